The molecule has 0 aliphatic carbocycles. The standard InChI is InChI=1S/C19H23NO2/c1-3-6-14-12(2)16-11-13-7-4-9-20-10-5-8-15(17(13)20)18(16)22-19(14)21/h11H,3-10H2,1-2H3. The molecule has 1 aromatic heterocycles. The highest BCUT2D eigenvalue weighted by Gasteiger charge is 2.27. The minimum Gasteiger partial charge on any atom is -0.422 e. The quantitative estimate of drug-likeness (QED) is 0.792. The molecule has 0 N–H and O–H groups in total. The third-order valence-electron chi connectivity index (χ3n) is 5.27. The molecule has 1 aromatic carbocycles. The van der Waals surface area contributed by atoms with Crippen LogP contribution in [0.25, 0.3) is 11.0 Å². The van der Waals surface area contributed by atoms with Gasteiger partial charge in [0.1, 0.15) is 5.58 Å². The normalized spacial score (nSPS) is 16.9. The van der Waals surface area contributed by atoms with Gasteiger partial charge in [-0.2, -0.15) is 0 Å². The maximum Gasteiger partial charge on any atom is 0.339 e. The Bertz CT molecular complexity index is 801. The van der Waals surface area contributed by atoms with Crippen LogP contribution in [0.5, 0.6) is 0 Å². The fourth-order valence-corrected chi connectivity index (χ4v) is 4.24. The highest BCUT2D eigenvalue weighted by atomic mass is 16.4. The van der Waals surface area contributed by atoms with E-state index >= 15 is 0 Å². The van der Waals surface area contributed by atoms with Gasteiger partial charge in [-0.05, 0) is 56.2 Å². The molecule has 0 unspecified atom stereocenters. The number of hydrogen-bond donors (Lipinski definition) is 0. The summed E-state index contributed by atoms with van der Waals surface area (Å²) in [4.78, 5) is 14.9. The lowest BCUT2D eigenvalue weighted by molar-refractivity contribution is 0.537. The van der Waals surface area contributed by atoms with Crippen LogP contribution in [0.15, 0.2) is 15.3 Å². The monoisotopic (exact) mass is 297 g/mol. The summed E-state index contributed by atoms with van der Waals surface area (Å²) in [5, 5.41) is 1.17. The Morgan fingerprint density at radius 2 is 2.00 bits per heavy atom. The first-order chi connectivity index (χ1) is 10.7. The van der Waals surface area contributed by atoms with E-state index < -0.39 is 0 Å². The molecule has 116 valence electrons. The molecular weight excluding hydrogens is 274 g/mol. The van der Waals surface area contributed by atoms with E-state index in [0.717, 1.165) is 61.9 Å². The van der Waals surface area contributed by atoms with Gasteiger partial charge in [0.05, 0.1) is 0 Å². The summed E-state index contributed by atoms with van der Waals surface area (Å²) in [6.45, 7) is 6.48. The molecule has 3 heterocycles. The number of fused-ring (bicyclic) bond motifs is 2. The van der Waals surface area contributed by atoms with Gasteiger partial charge in [0.25, 0.3) is 0 Å². The maximum absolute atomic E-state index is 12.4. The smallest absolute Gasteiger partial charge is 0.339 e. The topological polar surface area (TPSA) is 33.5 Å². The maximum atomic E-state index is 12.4. The van der Waals surface area contributed by atoms with Crippen LogP contribution in [-0.2, 0) is 19.3 Å². The first-order valence-corrected chi connectivity index (χ1v) is 8.56. The third-order valence-corrected chi connectivity index (χ3v) is 5.27. The molecule has 0 radical (unpaired) electrons. The molecule has 3 nitrogen and oxygen atoms in total. The Morgan fingerprint density at radius 1 is 1.23 bits per heavy atom. The van der Waals surface area contributed by atoms with Crippen LogP contribution in [0.1, 0.15) is 48.4 Å². The summed E-state index contributed by atoms with van der Waals surface area (Å²) in [6, 6.07) is 2.29. The van der Waals surface area contributed by atoms with Crippen LogP contribution in [0.3, 0.4) is 0 Å². The van der Waals surface area contributed by atoms with Crippen LogP contribution < -0.4 is 10.5 Å². The zero-order valence-electron chi connectivity index (χ0n) is 13.5. The summed E-state index contributed by atoms with van der Waals surface area (Å²) in [5.74, 6) is 0. The van der Waals surface area contributed by atoms with Gasteiger partial charge in [-0.3, -0.25) is 0 Å². The van der Waals surface area contributed by atoms with Gasteiger partial charge in [-0.25, -0.2) is 4.79 Å². The number of hydrogen-bond acceptors (Lipinski definition) is 3. The fraction of sp³-hybridized carbons (Fsp3) is 0.526. The van der Waals surface area contributed by atoms with Gasteiger partial charge in [0.2, 0.25) is 0 Å². The highest BCUT2D eigenvalue weighted by molar-refractivity contribution is 5.91. The zero-order chi connectivity index (χ0) is 15.3. The molecule has 4 rings (SSSR count). The number of nitrogens with zero attached hydrogens (tertiary/aromatic N) is 1. The fourth-order valence-electron chi connectivity index (χ4n) is 4.24. The lowest BCUT2D eigenvalue weighted by Crippen LogP contribution is -2.34. The predicted molar refractivity (Wildman–Crippen MR) is 90.1 cm³/mol. The van der Waals surface area contributed by atoms with Crippen LogP contribution in [0.4, 0.5) is 5.69 Å². The summed E-state index contributed by atoms with van der Waals surface area (Å²) in [5.41, 5.74) is 6.83. The van der Waals surface area contributed by atoms with Crippen molar-refractivity contribution >= 4 is 16.7 Å². The molecular formula is C19H23NO2. The van der Waals surface area contributed by atoms with Crippen molar-refractivity contribution in [2.75, 3.05) is 18.0 Å². The minimum absolute atomic E-state index is 0.129. The molecule has 2 aromatic rings. The van der Waals surface area contributed by atoms with E-state index in [9.17, 15) is 4.79 Å². The molecule has 22 heavy (non-hydrogen) atoms. The average Bonchev–Trinajstić information content (AvgIpc) is 2.53. The largest absolute Gasteiger partial charge is 0.422 e. The number of benzene rings is 1. The van der Waals surface area contributed by atoms with Crippen molar-refractivity contribution in [3.8, 4) is 0 Å². The van der Waals surface area contributed by atoms with Gasteiger partial charge in [-0.15, -0.1) is 0 Å². The van der Waals surface area contributed by atoms with E-state index in [1.807, 2.05) is 0 Å². The van der Waals surface area contributed by atoms with Crippen molar-refractivity contribution in [3.05, 3.63) is 38.7 Å². The van der Waals surface area contributed by atoms with E-state index in [1.165, 1.54) is 28.6 Å². The number of aryl methyl sites for hydroxylation is 3. The Labute approximate surface area is 130 Å². The summed E-state index contributed by atoms with van der Waals surface area (Å²) >= 11 is 0. The van der Waals surface area contributed by atoms with Gasteiger partial charge in [0.15, 0.2) is 0 Å². The molecule has 2 aliphatic heterocycles. The Balaban J connectivity index is 2.06. The first-order valence-electron chi connectivity index (χ1n) is 8.56. The lowest BCUT2D eigenvalue weighted by atomic mass is 9.88. The molecule has 0 atom stereocenters. The summed E-state index contributed by atoms with van der Waals surface area (Å²) in [7, 11) is 0. The first kappa shape index (κ1) is 13.9. The SMILES string of the molecule is CCCc1c(C)c2cc3c4c(c2oc1=O)CCCN4CCC3. The number of anilines is 1. The molecule has 0 saturated carbocycles. The van der Waals surface area contributed by atoms with Gasteiger partial charge in [0, 0.05) is 35.3 Å². The Hall–Kier alpha value is -1.77. The highest BCUT2D eigenvalue weighted by Crippen LogP contribution is 2.40. The second-order valence-electron chi connectivity index (χ2n) is 6.68. The van der Waals surface area contributed by atoms with E-state index in [-0.39, 0.29) is 5.63 Å². The molecule has 0 spiro atoms. The van der Waals surface area contributed by atoms with Crippen molar-refractivity contribution in [1.82, 2.24) is 0 Å². The predicted octanol–water partition coefficient (Wildman–Crippen LogP) is 3.75. The Kier molecular flexibility index (Phi) is 3.24. The van der Waals surface area contributed by atoms with Gasteiger partial charge >= 0.3 is 5.63 Å². The molecule has 3 heteroatoms. The van der Waals surface area contributed by atoms with Gasteiger partial charge in [-0.1, -0.05) is 13.3 Å². The van der Waals surface area contributed by atoms with Crippen LogP contribution in [0, 0.1) is 6.92 Å². The van der Waals surface area contributed by atoms with Crippen LogP contribution in [0.2, 0.25) is 0 Å². The molecule has 0 amide bonds. The molecule has 2 aliphatic rings. The molecule has 0 bridgehead atoms. The number of rotatable bonds is 2. The molecule has 0 fully saturated rings. The second-order valence-corrected chi connectivity index (χ2v) is 6.68. The van der Waals surface area contributed by atoms with Crippen molar-refractivity contribution in [2.45, 2.75) is 52.4 Å². The van der Waals surface area contributed by atoms with Gasteiger partial charge < -0.3 is 9.32 Å². The lowest BCUT2D eigenvalue weighted by Gasteiger charge is -2.37. The van der Waals surface area contributed by atoms with E-state index in [1.54, 1.807) is 0 Å². The van der Waals surface area contributed by atoms with Crippen molar-refractivity contribution < 1.29 is 4.42 Å². The van der Waals surface area contributed by atoms with E-state index in [2.05, 4.69) is 24.8 Å². The third kappa shape index (κ3) is 1.91. The Morgan fingerprint density at radius 3 is 2.77 bits per heavy atom. The van der Waals surface area contributed by atoms with Crippen molar-refractivity contribution in [1.29, 1.82) is 0 Å². The van der Waals surface area contributed by atoms with Crippen molar-refractivity contribution in [3.63, 3.8) is 0 Å². The van der Waals surface area contributed by atoms with E-state index in [4.69, 9.17) is 4.42 Å². The zero-order valence-corrected chi connectivity index (χ0v) is 13.5. The summed E-state index contributed by atoms with van der Waals surface area (Å²) < 4.78 is 5.81. The van der Waals surface area contributed by atoms with Crippen LogP contribution >= 0.6 is 0 Å². The van der Waals surface area contributed by atoms with Crippen LogP contribution in [-0.4, -0.2) is 13.1 Å². The molecule has 0 saturated heterocycles. The van der Waals surface area contributed by atoms with Crippen molar-refractivity contribution in [2.24, 2.45) is 0 Å². The second kappa shape index (κ2) is 5.15. The minimum atomic E-state index is -0.129. The summed E-state index contributed by atoms with van der Waals surface area (Å²) in [6.07, 6.45) is 6.36. The van der Waals surface area contributed by atoms with E-state index in [0.29, 0.717) is 0 Å². The average molecular weight is 297 g/mol.